The maximum atomic E-state index is 10.7. The summed E-state index contributed by atoms with van der Waals surface area (Å²) in [6, 6.07) is 6.68. The Balaban J connectivity index is 1.95. The molecule has 0 fully saturated rings. The molecule has 0 aliphatic carbocycles. The number of nitrogens with one attached hydrogen (secondary N) is 1. The Labute approximate surface area is 117 Å². The number of rotatable bonds is 6. The third kappa shape index (κ3) is 3.42. The lowest BCUT2D eigenvalue weighted by Crippen LogP contribution is -2.13. The van der Waals surface area contributed by atoms with Crippen molar-refractivity contribution in [3.05, 3.63) is 57.4 Å². The molecule has 6 nitrogen and oxygen atoms in total. The number of benzene rings is 1. The maximum absolute atomic E-state index is 10.7. The Morgan fingerprint density at radius 2 is 2.20 bits per heavy atom. The van der Waals surface area contributed by atoms with Crippen molar-refractivity contribution in [1.82, 2.24) is 15.1 Å². The van der Waals surface area contributed by atoms with Gasteiger partial charge in [-0.3, -0.25) is 14.8 Å². The lowest BCUT2D eigenvalue weighted by atomic mass is 10.2. The van der Waals surface area contributed by atoms with Gasteiger partial charge in [0.2, 0.25) is 0 Å². The van der Waals surface area contributed by atoms with Crippen LogP contribution in [0.1, 0.15) is 23.7 Å². The molecule has 0 unspecified atom stereocenters. The van der Waals surface area contributed by atoms with Crippen LogP contribution in [-0.2, 0) is 26.6 Å². The molecule has 0 bridgehead atoms. The second kappa shape index (κ2) is 6.29. The van der Waals surface area contributed by atoms with Gasteiger partial charge in [-0.1, -0.05) is 19.1 Å². The highest BCUT2D eigenvalue weighted by molar-refractivity contribution is 5.34. The second-order valence-electron chi connectivity index (χ2n) is 4.66. The Morgan fingerprint density at radius 1 is 1.40 bits per heavy atom. The Hall–Kier alpha value is -2.21. The number of nitro groups is 1. The number of nitrogens with zero attached hydrogens (tertiary/aromatic N) is 3. The average Bonchev–Trinajstić information content (AvgIpc) is 2.79. The summed E-state index contributed by atoms with van der Waals surface area (Å²) in [4.78, 5) is 10.3. The van der Waals surface area contributed by atoms with Crippen LogP contribution < -0.4 is 5.32 Å². The molecule has 0 saturated carbocycles. The highest BCUT2D eigenvalue weighted by atomic mass is 16.6. The monoisotopic (exact) mass is 274 g/mol. The number of aryl methyl sites for hydroxylation is 2. The molecular weight excluding hydrogens is 256 g/mol. The predicted octanol–water partition coefficient (Wildman–Crippen LogP) is 2.18. The van der Waals surface area contributed by atoms with Crippen LogP contribution >= 0.6 is 0 Å². The fourth-order valence-corrected chi connectivity index (χ4v) is 2.15. The van der Waals surface area contributed by atoms with Crippen molar-refractivity contribution in [2.24, 2.45) is 7.05 Å². The molecule has 106 valence electrons. The smallest absolute Gasteiger partial charge is 0.269 e. The van der Waals surface area contributed by atoms with Gasteiger partial charge in [0, 0.05) is 44.0 Å². The fourth-order valence-electron chi connectivity index (χ4n) is 2.15. The molecule has 1 aromatic heterocycles. The van der Waals surface area contributed by atoms with Crippen LogP contribution in [-0.4, -0.2) is 14.7 Å². The first kappa shape index (κ1) is 14.2. The van der Waals surface area contributed by atoms with E-state index in [9.17, 15) is 10.1 Å². The van der Waals surface area contributed by atoms with Crippen LogP contribution in [0.4, 0.5) is 5.69 Å². The molecule has 2 rings (SSSR count). The zero-order chi connectivity index (χ0) is 14.5. The van der Waals surface area contributed by atoms with E-state index < -0.39 is 0 Å². The highest BCUT2D eigenvalue weighted by Gasteiger charge is 2.07. The van der Waals surface area contributed by atoms with Crippen LogP contribution in [0.2, 0.25) is 0 Å². The summed E-state index contributed by atoms with van der Waals surface area (Å²) in [7, 11) is 1.91. The first-order valence-electron chi connectivity index (χ1n) is 6.55. The molecule has 0 saturated heterocycles. The van der Waals surface area contributed by atoms with E-state index in [-0.39, 0.29) is 10.6 Å². The van der Waals surface area contributed by atoms with Gasteiger partial charge in [-0.15, -0.1) is 0 Å². The first-order valence-corrected chi connectivity index (χ1v) is 6.55. The molecule has 1 heterocycles. The molecule has 0 aliphatic rings. The van der Waals surface area contributed by atoms with E-state index >= 15 is 0 Å². The van der Waals surface area contributed by atoms with E-state index in [2.05, 4.69) is 17.3 Å². The fraction of sp³-hybridized carbons (Fsp3) is 0.357. The molecule has 6 heteroatoms. The summed E-state index contributed by atoms with van der Waals surface area (Å²) < 4.78 is 1.81. The van der Waals surface area contributed by atoms with Crippen molar-refractivity contribution in [3.8, 4) is 0 Å². The molecule has 0 radical (unpaired) electrons. The van der Waals surface area contributed by atoms with Crippen molar-refractivity contribution in [1.29, 1.82) is 0 Å². The lowest BCUT2D eigenvalue weighted by molar-refractivity contribution is -0.384. The van der Waals surface area contributed by atoms with Gasteiger partial charge in [0.05, 0.1) is 10.6 Å². The summed E-state index contributed by atoms with van der Waals surface area (Å²) in [6.07, 6.45) is 2.90. The van der Waals surface area contributed by atoms with Crippen molar-refractivity contribution < 1.29 is 4.92 Å². The molecule has 0 amide bonds. The van der Waals surface area contributed by atoms with E-state index in [1.165, 1.54) is 11.6 Å². The van der Waals surface area contributed by atoms with E-state index in [0.717, 1.165) is 17.7 Å². The molecular formula is C14H18N4O2. The quantitative estimate of drug-likeness (QED) is 0.647. The molecule has 0 spiro atoms. The van der Waals surface area contributed by atoms with E-state index in [1.54, 1.807) is 12.1 Å². The molecule has 0 atom stereocenters. The van der Waals surface area contributed by atoms with Gasteiger partial charge in [0.1, 0.15) is 0 Å². The highest BCUT2D eigenvalue weighted by Crippen LogP contribution is 2.13. The maximum Gasteiger partial charge on any atom is 0.269 e. The number of hydrogen-bond donors (Lipinski definition) is 1. The summed E-state index contributed by atoms with van der Waals surface area (Å²) in [5.74, 6) is 0. The van der Waals surface area contributed by atoms with Crippen LogP contribution in [0.3, 0.4) is 0 Å². The minimum Gasteiger partial charge on any atom is -0.308 e. The SMILES string of the molecule is CCc1nn(C)cc1CNCc1cccc([N+](=O)[O-])c1. The van der Waals surface area contributed by atoms with E-state index in [0.29, 0.717) is 13.1 Å². The molecule has 1 N–H and O–H groups in total. The number of nitro benzene ring substituents is 1. The third-order valence-electron chi connectivity index (χ3n) is 3.09. The van der Waals surface area contributed by atoms with Gasteiger partial charge >= 0.3 is 0 Å². The van der Waals surface area contributed by atoms with Crippen molar-refractivity contribution in [3.63, 3.8) is 0 Å². The van der Waals surface area contributed by atoms with Crippen molar-refractivity contribution in [2.45, 2.75) is 26.4 Å². The number of non-ortho nitro benzene ring substituents is 1. The van der Waals surface area contributed by atoms with Crippen molar-refractivity contribution in [2.75, 3.05) is 0 Å². The van der Waals surface area contributed by atoms with Gasteiger partial charge in [0.25, 0.3) is 5.69 Å². The largest absolute Gasteiger partial charge is 0.308 e. The van der Waals surface area contributed by atoms with Crippen molar-refractivity contribution >= 4 is 5.69 Å². The Morgan fingerprint density at radius 3 is 2.90 bits per heavy atom. The van der Waals surface area contributed by atoms with Crippen LogP contribution in [0.25, 0.3) is 0 Å². The van der Waals surface area contributed by atoms with Gasteiger partial charge in [0.15, 0.2) is 0 Å². The summed E-state index contributed by atoms with van der Waals surface area (Å²) in [5, 5.41) is 18.4. The van der Waals surface area contributed by atoms with Gasteiger partial charge in [-0.2, -0.15) is 5.10 Å². The summed E-state index contributed by atoms with van der Waals surface area (Å²) in [6.45, 7) is 3.38. The lowest BCUT2D eigenvalue weighted by Gasteiger charge is -2.04. The van der Waals surface area contributed by atoms with E-state index in [4.69, 9.17) is 0 Å². The summed E-state index contributed by atoms with van der Waals surface area (Å²) in [5.41, 5.74) is 3.28. The minimum atomic E-state index is -0.375. The third-order valence-corrected chi connectivity index (χ3v) is 3.09. The Kier molecular flexibility index (Phi) is 4.47. The zero-order valence-electron chi connectivity index (χ0n) is 11.7. The second-order valence-corrected chi connectivity index (χ2v) is 4.66. The predicted molar refractivity (Wildman–Crippen MR) is 76.2 cm³/mol. The van der Waals surface area contributed by atoms with E-state index in [1.807, 2.05) is 24.0 Å². The van der Waals surface area contributed by atoms with Gasteiger partial charge < -0.3 is 5.32 Å². The van der Waals surface area contributed by atoms with Gasteiger partial charge in [-0.05, 0) is 12.0 Å². The standard InChI is InChI=1S/C14H18N4O2/c1-3-14-12(10-17(2)16-14)9-15-8-11-5-4-6-13(7-11)18(19)20/h4-7,10,15H,3,8-9H2,1-2H3. The Bertz CT molecular complexity index is 607. The zero-order valence-corrected chi connectivity index (χ0v) is 11.7. The van der Waals surface area contributed by atoms with Crippen LogP contribution in [0.15, 0.2) is 30.5 Å². The average molecular weight is 274 g/mol. The van der Waals surface area contributed by atoms with Crippen LogP contribution in [0, 0.1) is 10.1 Å². The molecule has 1 aromatic carbocycles. The topological polar surface area (TPSA) is 73.0 Å². The minimum absolute atomic E-state index is 0.125. The van der Waals surface area contributed by atoms with Crippen LogP contribution in [0.5, 0.6) is 0 Å². The number of aromatic nitrogens is 2. The normalized spacial score (nSPS) is 10.7. The molecule has 20 heavy (non-hydrogen) atoms. The summed E-state index contributed by atoms with van der Waals surface area (Å²) >= 11 is 0. The van der Waals surface area contributed by atoms with Gasteiger partial charge in [-0.25, -0.2) is 0 Å². The number of hydrogen-bond acceptors (Lipinski definition) is 4. The molecule has 0 aliphatic heterocycles. The first-order chi connectivity index (χ1) is 9.60. The molecule has 2 aromatic rings.